The van der Waals surface area contributed by atoms with Crippen LogP contribution in [0.5, 0.6) is 5.75 Å². The first-order valence-electron chi connectivity index (χ1n) is 9.54. The largest absolute Gasteiger partial charge is 0.379 e. The smallest absolute Gasteiger partial charge is 0.339 e. The summed E-state index contributed by atoms with van der Waals surface area (Å²) >= 11 is 0. The maximum absolute atomic E-state index is 13.1. The lowest BCUT2D eigenvalue weighted by Gasteiger charge is -2.34. The molecule has 2 aromatic carbocycles. The van der Waals surface area contributed by atoms with Gasteiger partial charge >= 0.3 is 10.1 Å². The van der Waals surface area contributed by atoms with Gasteiger partial charge in [0, 0.05) is 18.0 Å². The zero-order chi connectivity index (χ0) is 21.8. The lowest BCUT2D eigenvalue weighted by molar-refractivity contribution is -0.142. The Morgan fingerprint density at radius 3 is 2.31 bits per heavy atom. The van der Waals surface area contributed by atoms with Gasteiger partial charge in [0.1, 0.15) is 16.5 Å². The summed E-state index contributed by atoms with van der Waals surface area (Å²) < 4.78 is 43.1. The van der Waals surface area contributed by atoms with E-state index in [0.29, 0.717) is 6.54 Å². The second-order valence-electron chi connectivity index (χ2n) is 8.08. The van der Waals surface area contributed by atoms with Crippen molar-refractivity contribution in [1.29, 1.82) is 0 Å². The normalized spacial score (nSPS) is 13.0. The first-order valence-corrected chi connectivity index (χ1v) is 10.9. The monoisotopic (exact) mass is 421 g/mol. The van der Waals surface area contributed by atoms with Gasteiger partial charge in [0.15, 0.2) is 0 Å². The van der Waals surface area contributed by atoms with E-state index >= 15 is 0 Å². The number of carbonyl (C=O) groups excluding carboxylic acids is 1. The van der Waals surface area contributed by atoms with E-state index in [1.807, 2.05) is 40.7 Å². The minimum atomic E-state index is -4.08. The van der Waals surface area contributed by atoms with E-state index in [0.717, 1.165) is 36.2 Å². The van der Waals surface area contributed by atoms with E-state index in [-0.39, 0.29) is 22.6 Å². The van der Waals surface area contributed by atoms with Gasteiger partial charge in [-0.2, -0.15) is 8.42 Å². The predicted octanol–water partition coefficient (Wildman–Crippen LogP) is 4.77. The molecule has 0 saturated heterocycles. The highest BCUT2D eigenvalue weighted by Crippen LogP contribution is 2.25. The van der Waals surface area contributed by atoms with Crippen LogP contribution < -0.4 is 4.18 Å². The molecular weight excluding hydrogens is 393 g/mol. The molecule has 0 aliphatic carbocycles. The summed E-state index contributed by atoms with van der Waals surface area (Å²) in [6.07, 6.45) is 0.803. The van der Waals surface area contributed by atoms with E-state index in [1.54, 1.807) is 17.0 Å². The van der Waals surface area contributed by atoms with Crippen LogP contribution in [0.1, 0.15) is 46.6 Å². The van der Waals surface area contributed by atoms with Crippen LogP contribution in [-0.2, 0) is 21.5 Å². The summed E-state index contributed by atoms with van der Waals surface area (Å²) in [5.41, 5.74) is 0.235. The van der Waals surface area contributed by atoms with Gasteiger partial charge in [0.05, 0.1) is 0 Å². The molecule has 1 unspecified atom stereocenters. The fourth-order valence-corrected chi connectivity index (χ4v) is 3.67. The number of nitrogens with zero attached hydrogens (tertiary/aromatic N) is 1. The summed E-state index contributed by atoms with van der Waals surface area (Å²) in [6.45, 7) is 9.98. The van der Waals surface area contributed by atoms with Gasteiger partial charge in [-0.3, -0.25) is 4.79 Å². The van der Waals surface area contributed by atoms with Crippen LogP contribution in [0, 0.1) is 11.2 Å². The van der Waals surface area contributed by atoms with E-state index < -0.39 is 21.4 Å². The lowest BCUT2D eigenvalue weighted by atomic mass is 9.93. The maximum atomic E-state index is 13.1. The molecule has 2 rings (SSSR count). The summed E-state index contributed by atoms with van der Waals surface area (Å²) in [5.74, 6) is -0.365. The standard InChI is InChI=1S/C22H28FNO4S/c1-6-16(2)24(21(25)22(3,4)5)15-17-8-7-9-19(14-17)28-29(26,27)20-12-10-18(23)11-13-20/h7-14,16H,6,15H2,1-5H3. The van der Waals surface area contributed by atoms with Gasteiger partial charge < -0.3 is 9.08 Å². The molecule has 0 bridgehead atoms. The highest BCUT2D eigenvalue weighted by atomic mass is 32.2. The van der Waals surface area contributed by atoms with Crippen molar-refractivity contribution >= 4 is 16.0 Å². The number of hydrogen-bond acceptors (Lipinski definition) is 4. The Morgan fingerprint density at radius 2 is 1.76 bits per heavy atom. The molecule has 7 heteroatoms. The third kappa shape index (κ3) is 6.03. The summed E-state index contributed by atoms with van der Waals surface area (Å²) in [6, 6.07) is 11.1. The highest BCUT2D eigenvalue weighted by molar-refractivity contribution is 7.87. The molecule has 158 valence electrons. The molecule has 1 atom stereocenters. The quantitative estimate of drug-likeness (QED) is 0.604. The molecule has 1 amide bonds. The number of hydrogen-bond donors (Lipinski definition) is 0. The second-order valence-corrected chi connectivity index (χ2v) is 9.63. The van der Waals surface area contributed by atoms with Crippen LogP contribution in [0.2, 0.25) is 0 Å². The Balaban J connectivity index is 2.25. The second kappa shape index (κ2) is 8.95. The summed E-state index contributed by atoms with van der Waals surface area (Å²) in [5, 5.41) is 0. The number of rotatable bonds is 7. The summed E-state index contributed by atoms with van der Waals surface area (Å²) in [4.78, 5) is 14.5. The first-order chi connectivity index (χ1) is 13.4. The van der Waals surface area contributed by atoms with Crippen molar-refractivity contribution in [3.05, 3.63) is 59.9 Å². The van der Waals surface area contributed by atoms with Gasteiger partial charge in [-0.25, -0.2) is 4.39 Å². The van der Waals surface area contributed by atoms with Crippen molar-refractivity contribution in [3.8, 4) is 5.75 Å². The summed E-state index contributed by atoms with van der Waals surface area (Å²) in [7, 11) is -4.08. The third-order valence-corrected chi connectivity index (χ3v) is 5.85. The molecule has 0 aliphatic heterocycles. The van der Waals surface area contributed by atoms with Crippen LogP contribution in [0.25, 0.3) is 0 Å². The molecule has 0 N–H and O–H groups in total. The van der Waals surface area contributed by atoms with Gasteiger partial charge in [-0.05, 0) is 55.3 Å². The molecule has 29 heavy (non-hydrogen) atoms. The zero-order valence-electron chi connectivity index (χ0n) is 17.5. The van der Waals surface area contributed by atoms with E-state index in [9.17, 15) is 17.6 Å². The van der Waals surface area contributed by atoms with Crippen LogP contribution in [0.15, 0.2) is 53.4 Å². The topological polar surface area (TPSA) is 63.7 Å². The first kappa shape index (κ1) is 22.9. The molecule has 0 spiro atoms. The fourth-order valence-electron chi connectivity index (χ4n) is 2.75. The molecule has 0 heterocycles. The molecular formula is C22H28FNO4S. The van der Waals surface area contributed by atoms with Crippen molar-refractivity contribution in [2.24, 2.45) is 5.41 Å². The number of halogens is 1. The molecule has 0 aliphatic rings. The Hall–Kier alpha value is -2.41. The fraction of sp³-hybridized carbons (Fsp3) is 0.409. The van der Waals surface area contributed by atoms with Crippen molar-refractivity contribution in [3.63, 3.8) is 0 Å². The molecule has 0 saturated carbocycles. The molecule has 2 aromatic rings. The van der Waals surface area contributed by atoms with Crippen molar-refractivity contribution in [2.45, 2.75) is 58.5 Å². The minimum Gasteiger partial charge on any atom is -0.379 e. The van der Waals surface area contributed by atoms with Crippen molar-refractivity contribution in [2.75, 3.05) is 0 Å². The van der Waals surface area contributed by atoms with Gasteiger partial charge in [-0.1, -0.05) is 39.8 Å². The maximum Gasteiger partial charge on any atom is 0.339 e. The van der Waals surface area contributed by atoms with E-state index in [4.69, 9.17) is 4.18 Å². The van der Waals surface area contributed by atoms with E-state index in [1.165, 1.54) is 6.07 Å². The zero-order valence-corrected chi connectivity index (χ0v) is 18.3. The SMILES string of the molecule is CCC(C)N(Cc1cccc(OS(=O)(=O)c2ccc(F)cc2)c1)C(=O)C(C)(C)C. The van der Waals surface area contributed by atoms with Gasteiger partial charge in [-0.15, -0.1) is 0 Å². The molecule has 5 nitrogen and oxygen atoms in total. The van der Waals surface area contributed by atoms with Crippen LogP contribution in [0.4, 0.5) is 4.39 Å². The highest BCUT2D eigenvalue weighted by Gasteiger charge is 2.30. The van der Waals surface area contributed by atoms with Crippen LogP contribution in [0.3, 0.4) is 0 Å². The van der Waals surface area contributed by atoms with Gasteiger partial charge in [0.25, 0.3) is 0 Å². The number of carbonyl (C=O) groups is 1. The molecule has 0 aromatic heterocycles. The Labute approximate surface area is 172 Å². The average molecular weight is 422 g/mol. The van der Waals surface area contributed by atoms with Crippen molar-refractivity contribution in [1.82, 2.24) is 4.90 Å². The number of benzene rings is 2. The van der Waals surface area contributed by atoms with Crippen molar-refractivity contribution < 1.29 is 21.8 Å². The Bertz CT molecular complexity index is 950. The lowest BCUT2D eigenvalue weighted by Crippen LogP contribution is -2.44. The third-order valence-electron chi connectivity index (χ3n) is 4.58. The van der Waals surface area contributed by atoms with Crippen LogP contribution in [-0.4, -0.2) is 25.3 Å². The average Bonchev–Trinajstić information content (AvgIpc) is 2.64. The van der Waals surface area contributed by atoms with E-state index in [2.05, 4.69) is 0 Å². The number of amides is 1. The predicted molar refractivity (Wildman–Crippen MR) is 110 cm³/mol. The minimum absolute atomic E-state index is 0.0251. The Kier molecular flexibility index (Phi) is 7.06. The molecule has 0 radical (unpaired) electrons. The van der Waals surface area contributed by atoms with Crippen LogP contribution >= 0.6 is 0 Å². The molecule has 0 fully saturated rings. The van der Waals surface area contributed by atoms with Gasteiger partial charge in [0.2, 0.25) is 5.91 Å². The Morgan fingerprint density at radius 1 is 1.14 bits per heavy atom.